The second-order valence-corrected chi connectivity index (χ2v) is 16.7. The van der Waals surface area contributed by atoms with Crippen LogP contribution in [0, 0.1) is 29.1 Å². The van der Waals surface area contributed by atoms with Crippen LogP contribution in [0.25, 0.3) is 0 Å². The summed E-state index contributed by atoms with van der Waals surface area (Å²) in [5, 5.41) is 0. The molecule has 6 heteroatoms. The molecule has 1 aliphatic heterocycles. The maximum atomic E-state index is 14.5. The minimum atomic E-state index is -0.762. The third-order valence-electron chi connectivity index (χ3n) is 11.4. The van der Waals surface area contributed by atoms with Gasteiger partial charge in [-0.3, -0.25) is 24.1 Å². The highest BCUT2D eigenvalue weighted by molar-refractivity contribution is 6.23. The van der Waals surface area contributed by atoms with E-state index < -0.39 is 23.3 Å². The predicted octanol–water partition coefficient (Wildman–Crippen LogP) is 9.67. The van der Waals surface area contributed by atoms with Gasteiger partial charge in [-0.1, -0.05) is 64.5 Å². The number of aldehydes is 1. The second-order valence-electron chi connectivity index (χ2n) is 16.7. The van der Waals surface area contributed by atoms with E-state index in [1.54, 1.807) is 32.7 Å². The Labute approximate surface area is 293 Å². The summed E-state index contributed by atoms with van der Waals surface area (Å²) < 4.78 is 0. The lowest BCUT2D eigenvalue weighted by atomic mass is 9.63. The van der Waals surface area contributed by atoms with Crippen LogP contribution in [0.4, 0.5) is 0 Å². The Hall–Kier alpha value is -4.06. The molecule has 3 aliphatic carbocycles. The van der Waals surface area contributed by atoms with E-state index in [-0.39, 0.29) is 39.5 Å². The zero-order valence-electron chi connectivity index (χ0n) is 31.5. The maximum absolute atomic E-state index is 14.5. The highest BCUT2D eigenvalue weighted by Crippen LogP contribution is 2.52. The molecule has 0 saturated heterocycles. The number of carbonyl (C=O) groups is 4. The van der Waals surface area contributed by atoms with Crippen LogP contribution in [0.5, 0.6) is 0 Å². The number of rotatable bonds is 3. The molecule has 1 aromatic carbocycles. The Morgan fingerprint density at radius 2 is 1.37 bits per heavy atom. The molecule has 260 valence electrons. The van der Waals surface area contributed by atoms with Gasteiger partial charge in [-0.25, -0.2) is 0 Å². The predicted molar refractivity (Wildman–Crippen MR) is 197 cm³/mol. The SMILES string of the molecule is C=C1C(C)=C(N(C)C(=O)c2cc3c(cc2C=O)C(=O)N(C(C)(C)C)C3=O)/C(C)=C\C2/C=C(C)\C(C(C)(C)C)=C(\C)C(=C)C1C1CCCCC21. The topological polar surface area (TPSA) is 74.8 Å². The number of hydrogen-bond acceptors (Lipinski definition) is 4. The second kappa shape index (κ2) is 12.7. The first-order valence-corrected chi connectivity index (χ1v) is 17.7. The standard InChI is InChI=1S/C43H54N2O4/c1-23-18-29-19-24(2)38(28(6)26(4)36(32-17-15-14-16-31(29)32)25(3)27(5)37(23)42(7,8)9)44(13)39(47)33-21-35-34(20-30(33)22-46)40(48)45(41(35)49)43(10,11)12/h18-22,29,31-32,36H,3-4,14-17H2,1-2,5-13H3/b23-18-,24-19-,37-27+,38-28?. The van der Waals surface area contributed by atoms with Gasteiger partial charge in [0.15, 0.2) is 6.29 Å². The number of hydrogen-bond donors (Lipinski definition) is 0. The third-order valence-corrected chi connectivity index (χ3v) is 11.4. The van der Waals surface area contributed by atoms with Gasteiger partial charge < -0.3 is 4.90 Å². The molecule has 0 radical (unpaired) electrons. The molecule has 1 saturated carbocycles. The van der Waals surface area contributed by atoms with Crippen LogP contribution in [0.3, 0.4) is 0 Å². The van der Waals surface area contributed by atoms with E-state index in [2.05, 4.69) is 53.7 Å². The first-order valence-electron chi connectivity index (χ1n) is 17.7. The van der Waals surface area contributed by atoms with Crippen molar-refractivity contribution in [1.82, 2.24) is 9.80 Å². The van der Waals surface area contributed by atoms with Crippen molar-refractivity contribution in [2.75, 3.05) is 7.05 Å². The minimum Gasteiger partial charge on any atom is -0.311 e. The number of amides is 3. The lowest BCUT2D eigenvalue weighted by molar-refractivity contribution is 0.0507. The summed E-state index contributed by atoms with van der Waals surface area (Å²) in [6.07, 6.45) is 9.93. The van der Waals surface area contributed by atoms with Gasteiger partial charge in [0.2, 0.25) is 0 Å². The molecular weight excluding hydrogens is 608 g/mol. The number of imide groups is 1. The highest BCUT2D eigenvalue weighted by Gasteiger charge is 2.44. The van der Waals surface area contributed by atoms with E-state index >= 15 is 0 Å². The zero-order valence-corrected chi connectivity index (χ0v) is 31.5. The van der Waals surface area contributed by atoms with Gasteiger partial charge in [-0.15, -0.1) is 0 Å². The van der Waals surface area contributed by atoms with Crippen molar-refractivity contribution < 1.29 is 19.2 Å². The summed E-state index contributed by atoms with van der Waals surface area (Å²) in [5.41, 5.74) is 8.07. The van der Waals surface area contributed by atoms with Gasteiger partial charge in [-0.2, -0.15) is 0 Å². The monoisotopic (exact) mass is 662 g/mol. The van der Waals surface area contributed by atoms with Crippen LogP contribution < -0.4 is 0 Å². The normalized spacial score (nSPS) is 28.7. The molecule has 0 spiro atoms. The lowest BCUT2D eigenvalue weighted by Crippen LogP contribution is -2.45. The molecule has 6 nitrogen and oxygen atoms in total. The lowest BCUT2D eigenvalue weighted by Gasteiger charge is -2.41. The van der Waals surface area contributed by atoms with Crippen molar-refractivity contribution >= 4 is 24.0 Å². The van der Waals surface area contributed by atoms with Crippen LogP contribution >= 0.6 is 0 Å². The molecule has 4 atom stereocenters. The highest BCUT2D eigenvalue weighted by atomic mass is 16.2. The Morgan fingerprint density at radius 1 is 0.837 bits per heavy atom. The van der Waals surface area contributed by atoms with Gasteiger partial charge in [0.1, 0.15) is 0 Å². The summed E-state index contributed by atoms with van der Waals surface area (Å²) in [4.78, 5) is 56.5. The number of fused-ring (bicyclic) bond motifs is 1. The molecule has 1 aromatic rings. The van der Waals surface area contributed by atoms with Crippen LogP contribution in [-0.2, 0) is 0 Å². The van der Waals surface area contributed by atoms with Crippen molar-refractivity contribution in [3.05, 3.63) is 104 Å². The van der Waals surface area contributed by atoms with Gasteiger partial charge in [0, 0.05) is 29.8 Å². The molecule has 5 rings (SSSR count). The van der Waals surface area contributed by atoms with Crippen molar-refractivity contribution in [2.24, 2.45) is 29.1 Å². The summed E-state index contributed by atoms with van der Waals surface area (Å²) in [5.74, 6) is -0.476. The molecule has 1 heterocycles. The van der Waals surface area contributed by atoms with Crippen molar-refractivity contribution in [1.29, 1.82) is 0 Å². The smallest absolute Gasteiger partial charge is 0.262 e. The van der Waals surface area contributed by atoms with Crippen LogP contribution in [-0.4, -0.2) is 46.4 Å². The minimum absolute atomic E-state index is 0.000187. The summed E-state index contributed by atoms with van der Waals surface area (Å²) >= 11 is 0. The summed E-state index contributed by atoms with van der Waals surface area (Å²) in [6, 6.07) is 2.82. The summed E-state index contributed by atoms with van der Waals surface area (Å²) in [7, 11) is 1.72. The van der Waals surface area contributed by atoms with E-state index in [1.807, 2.05) is 6.92 Å². The molecule has 0 aromatic heterocycles. The Balaban J connectivity index is 1.70. The third kappa shape index (κ3) is 6.06. The quantitative estimate of drug-likeness (QED) is 0.239. The number of carbonyl (C=O) groups excluding carboxylic acids is 4. The molecule has 1 fully saturated rings. The average molecular weight is 663 g/mol. The Kier molecular flexibility index (Phi) is 9.37. The maximum Gasteiger partial charge on any atom is 0.262 e. The Bertz CT molecular complexity index is 1820. The molecular formula is C43H54N2O4. The van der Waals surface area contributed by atoms with E-state index in [0.29, 0.717) is 18.1 Å². The molecule has 2 bridgehead atoms. The molecule has 4 aliphatic rings. The van der Waals surface area contributed by atoms with Gasteiger partial charge in [-0.05, 0) is 130 Å². The first-order chi connectivity index (χ1) is 22.7. The van der Waals surface area contributed by atoms with E-state index in [9.17, 15) is 19.2 Å². The fraction of sp³-hybridized carbons (Fsp3) is 0.488. The van der Waals surface area contributed by atoms with Crippen molar-refractivity contribution in [3.8, 4) is 0 Å². The number of benzene rings is 1. The van der Waals surface area contributed by atoms with Gasteiger partial charge in [0.05, 0.1) is 16.7 Å². The van der Waals surface area contributed by atoms with E-state index in [0.717, 1.165) is 40.8 Å². The van der Waals surface area contributed by atoms with Crippen molar-refractivity contribution in [2.45, 2.75) is 100 Å². The first kappa shape index (κ1) is 36.2. The van der Waals surface area contributed by atoms with Crippen LogP contribution in [0.15, 0.2) is 82.2 Å². The van der Waals surface area contributed by atoms with E-state index in [4.69, 9.17) is 13.2 Å². The largest absolute Gasteiger partial charge is 0.311 e. The van der Waals surface area contributed by atoms with E-state index in [1.165, 1.54) is 46.6 Å². The Morgan fingerprint density at radius 3 is 1.92 bits per heavy atom. The molecule has 3 amide bonds. The number of allylic oxidation sites excluding steroid dienone is 9. The molecule has 4 unspecified atom stereocenters. The van der Waals surface area contributed by atoms with Crippen LogP contribution in [0.2, 0.25) is 0 Å². The van der Waals surface area contributed by atoms with Gasteiger partial charge >= 0.3 is 0 Å². The van der Waals surface area contributed by atoms with Crippen LogP contribution in [0.1, 0.15) is 136 Å². The molecule has 0 N–H and O–H groups in total. The number of nitrogens with zero attached hydrogens (tertiary/aromatic N) is 2. The fourth-order valence-electron chi connectivity index (χ4n) is 9.36. The average Bonchev–Trinajstić information content (AvgIpc) is 3.29. The van der Waals surface area contributed by atoms with Gasteiger partial charge in [0.25, 0.3) is 17.7 Å². The summed E-state index contributed by atoms with van der Waals surface area (Å²) in [6.45, 7) is 30.3. The zero-order chi connectivity index (χ0) is 36.5. The number of likely N-dealkylation sites (N-methyl/N-ethyl adjacent to an activating group) is 1. The van der Waals surface area contributed by atoms with Crippen molar-refractivity contribution in [3.63, 3.8) is 0 Å². The fourth-order valence-corrected chi connectivity index (χ4v) is 9.36. The molecule has 49 heavy (non-hydrogen) atoms.